The second kappa shape index (κ2) is 10.1. The molecular formula is C24H26ClF3N4O2. The zero-order valence-corrected chi connectivity index (χ0v) is 19.2. The van der Waals surface area contributed by atoms with Crippen LogP contribution in [0.4, 0.5) is 30.2 Å². The number of nitrogens with one attached hydrogen (secondary N) is 3. The van der Waals surface area contributed by atoms with Gasteiger partial charge in [0.25, 0.3) is 0 Å². The van der Waals surface area contributed by atoms with Gasteiger partial charge in [-0.05, 0) is 48.7 Å². The summed E-state index contributed by atoms with van der Waals surface area (Å²) in [6, 6.07) is 13.0. The number of halogens is 4. The average Bonchev–Trinajstić information content (AvgIpc) is 3.24. The molecule has 2 fully saturated rings. The molecule has 0 aromatic heterocycles. The Labute approximate surface area is 200 Å². The second-order valence-electron chi connectivity index (χ2n) is 8.71. The largest absolute Gasteiger partial charge is 0.391 e. The lowest BCUT2D eigenvalue weighted by molar-refractivity contribution is -0.179. The minimum atomic E-state index is -4.14. The predicted octanol–water partition coefficient (Wildman–Crippen LogP) is 4.61. The molecule has 2 saturated heterocycles. The van der Waals surface area contributed by atoms with Gasteiger partial charge < -0.3 is 20.9 Å². The first-order valence-corrected chi connectivity index (χ1v) is 11.6. The van der Waals surface area contributed by atoms with E-state index in [0.717, 1.165) is 22.6 Å². The van der Waals surface area contributed by atoms with E-state index < -0.39 is 12.1 Å². The van der Waals surface area contributed by atoms with Crippen molar-refractivity contribution in [2.24, 2.45) is 11.8 Å². The number of anilines is 3. The van der Waals surface area contributed by atoms with Gasteiger partial charge in [-0.2, -0.15) is 13.2 Å². The number of alkyl halides is 3. The summed E-state index contributed by atoms with van der Waals surface area (Å²) < 4.78 is 38.7. The number of rotatable bonds is 6. The Bertz CT molecular complexity index is 1040. The summed E-state index contributed by atoms with van der Waals surface area (Å²) in [6.07, 6.45) is -3.77. The van der Waals surface area contributed by atoms with E-state index in [4.69, 9.17) is 11.6 Å². The highest BCUT2D eigenvalue weighted by molar-refractivity contribution is 6.33. The van der Waals surface area contributed by atoms with Gasteiger partial charge in [-0.15, -0.1) is 0 Å². The predicted molar refractivity (Wildman–Crippen MR) is 125 cm³/mol. The van der Waals surface area contributed by atoms with Crippen LogP contribution >= 0.6 is 11.6 Å². The topological polar surface area (TPSA) is 73.5 Å². The molecule has 4 rings (SSSR count). The highest BCUT2D eigenvalue weighted by atomic mass is 35.5. The van der Waals surface area contributed by atoms with Crippen LogP contribution in [-0.2, 0) is 16.1 Å². The number of carbonyl (C=O) groups excluding carboxylic acids is 2. The van der Waals surface area contributed by atoms with Crippen molar-refractivity contribution in [1.29, 1.82) is 0 Å². The van der Waals surface area contributed by atoms with Crippen molar-refractivity contribution in [3.63, 3.8) is 0 Å². The lowest BCUT2D eigenvalue weighted by atomic mass is 9.96. The van der Waals surface area contributed by atoms with Crippen molar-refractivity contribution in [1.82, 2.24) is 10.6 Å². The van der Waals surface area contributed by atoms with Gasteiger partial charge in [0, 0.05) is 44.0 Å². The van der Waals surface area contributed by atoms with Crippen molar-refractivity contribution >= 4 is 40.5 Å². The fourth-order valence-electron chi connectivity index (χ4n) is 4.29. The number of piperidine rings is 1. The minimum Gasteiger partial charge on any atom is -0.370 e. The fraction of sp³-hybridized carbons (Fsp3) is 0.417. The van der Waals surface area contributed by atoms with Crippen LogP contribution < -0.4 is 20.9 Å². The van der Waals surface area contributed by atoms with Crippen molar-refractivity contribution in [3.05, 3.63) is 53.1 Å². The Hall–Kier alpha value is -2.94. The molecule has 2 amide bonds. The van der Waals surface area contributed by atoms with Crippen LogP contribution in [0.5, 0.6) is 0 Å². The van der Waals surface area contributed by atoms with Gasteiger partial charge in [0.2, 0.25) is 11.8 Å². The summed E-state index contributed by atoms with van der Waals surface area (Å²) in [5.41, 5.74) is 3.25. The van der Waals surface area contributed by atoms with Crippen LogP contribution in [0.2, 0.25) is 5.02 Å². The zero-order valence-electron chi connectivity index (χ0n) is 18.4. The first-order chi connectivity index (χ1) is 16.2. The highest BCUT2D eigenvalue weighted by Gasteiger charge is 2.41. The summed E-state index contributed by atoms with van der Waals surface area (Å²) in [5, 5.41) is 9.24. The summed E-state index contributed by atoms with van der Waals surface area (Å²) >= 11 is 6.44. The van der Waals surface area contributed by atoms with Gasteiger partial charge in [-0.1, -0.05) is 23.7 Å². The number of amides is 2. The lowest BCUT2D eigenvalue weighted by Gasteiger charge is -2.35. The molecule has 2 aliphatic rings. The molecule has 0 bridgehead atoms. The van der Waals surface area contributed by atoms with Crippen molar-refractivity contribution in [3.8, 4) is 0 Å². The Kier molecular flexibility index (Phi) is 7.21. The number of hydrogen-bond donors (Lipinski definition) is 3. The molecule has 0 saturated carbocycles. The summed E-state index contributed by atoms with van der Waals surface area (Å²) in [7, 11) is 0. The number of benzene rings is 2. The van der Waals surface area contributed by atoms with Crippen LogP contribution in [0, 0.1) is 11.8 Å². The van der Waals surface area contributed by atoms with E-state index >= 15 is 0 Å². The van der Waals surface area contributed by atoms with Gasteiger partial charge in [0.1, 0.15) is 0 Å². The molecule has 0 spiro atoms. The summed E-state index contributed by atoms with van der Waals surface area (Å²) in [6.45, 7) is 1.39. The molecule has 2 aromatic rings. The Morgan fingerprint density at radius 1 is 1.09 bits per heavy atom. The maximum absolute atomic E-state index is 12.9. The molecular weight excluding hydrogens is 469 g/mol. The fourth-order valence-corrected chi connectivity index (χ4v) is 4.59. The molecule has 2 aliphatic heterocycles. The van der Waals surface area contributed by atoms with E-state index in [1.807, 2.05) is 41.3 Å². The molecule has 10 heteroatoms. The smallest absolute Gasteiger partial charge is 0.370 e. The Balaban J connectivity index is 1.29. The zero-order chi connectivity index (χ0) is 24.3. The monoisotopic (exact) mass is 494 g/mol. The summed E-state index contributed by atoms with van der Waals surface area (Å²) in [4.78, 5) is 25.3. The molecule has 0 radical (unpaired) electrons. The lowest BCUT2D eigenvalue weighted by Crippen LogP contribution is -2.39. The molecule has 2 heterocycles. The average molecular weight is 495 g/mol. The standard InChI is InChI=1S/C24H26ClF3N4O2/c25-20-12-19(5-6-21(20)32-9-7-17(8-10-32)24(26,27)28)31-18-3-1-15(2-4-18)13-30-23(34)16-11-22(33)29-14-16/h1-6,12,16-17,31H,7-11,13-14H2,(H,29,33)(H,30,34). The number of nitrogens with zero attached hydrogens (tertiary/aromatic N) is 1. The van der Waals surface area contributed by atoms with Gasteiger partial charge in [0.05, 0.1) is 22.5 Å². The molecule has 0 aliphatic carbocycles. The van der Waals surface area contributed by atoms with E-state index in [9.17, 15) is 22.8 Å². The normalized spacial score (nSPS) is 19.1. The second-order valence-corrected chi connectivity index (χ2v) is 9.12. The number of carbonyl (C=O) groups is 2. The van der Waals surface area contributed by atoms with Gasteiger partial charge in [-0.25, -0.2) is 0 Å². The van der Waals surface area contributed by atoms with Crippen LogP contribution in [0.15, 0.2) is 42.5 Å². The molecule has 1 atom stereocenters. The van der Waals surface area contributed by atoms with E-state index in [2.05, 4.69) is 16.0 Å². The van der Waals surface area contributed by atoms with E-state index in [1.165, 1.54) is 0 Å². The van der Waals surface area contributed by atoms with Gasteiger partial charge in [0.15, 0.2) is 0 Å². The van der Waals surface area contributed by atoms with E-state index in [-0.39, 0.29) is 37.0 Å². The molecule has 3 N–H and O–H groups in total. The number of hydrogen-bond acceptors (Lipinski definition) is 4. The maximum atomic E-state index is 12.9. The maximum Gasteiger partial charge on any atom is 0.391 e. The Morgan fingerprint density at radius 2 is 1.76 bits per heavy atom. The third-order valence-corrected chi connectivity index (χ3v) is 6.61. The minimum absolute atomic E-state index is 0.0717. The quantitative estimate of drug-likeness (QED) is 0.548. The van der Waals surface area contributed by atoms with Gasteiger partial charge >= 0.3 is 6.18 Å². The SMILES string of the molecule is O=C1CC(C(=O)NCc2ccc(Nc3ccc(N4CCC(C(F)(F)F)CC4)c(Cl)c3)cc2)CN1. The Morgan fingerprint density at radius 3 is 2.35 bits per heavy atom. The van der Waals surface area contributed by atoms with Crippen LogP contribution in [0.3, 0.4) is 0 Å². The molecule has 182 valence electrons. The van der Waals surface area contributed by atoms with Crippen molar-refractivity contribution < 1.29 is 22.8 Å². The van der Waals surface area contributed by atoms with E-state index in [1.54, 1.807) is 6.07 Å². The molecule has 6 nitrogen and oxygen atoms in total. The van der Waals surface area contributed by atoms with Gasteiger partial charge in [-0.3, -0.25) is 9.59 Å². The molecule has 34 heavy (non-hydrogen) atoms. The van der Waals surface area contributed by atoms with Crippen molar-refractivity contribution in [2.45, 2.75) is 32.0 Å². The van der Waals surface area contributed by atoms with Crippen LogP contribution in [0.1, 0.15) is 24.8 Å². The molecule has 2 aromatic carbocycles. The van der Waals surface area contributed by atoms with Crippen LogP contribution in [-0.4, -0.2) is 37.6 Å². The highest BCUT2D eigenvalue weighted by Crippen LogP contribution is 2.37. The van der Waals surface area contributed by atoms with Crippen molar-refractivity contribution in [2.75, 3.05) is 29.9 Å². The van der Waals surface area contributed by atoms with Crippen LogP contribution in [0.25, 0.3) is 0 Å². The molecule has 1 unspecified atom stereocenters. The third-order valence-electron chi connectivity index (χ3n) is 6.30. The first-order valence-electron chi connectivity index (χ1n) is 11.2. The summed E-state index contributed by atoms with van der Waals surface area (Å²) in [5.74, 6) is -1.81. The van der Waals surface area contributed by atoms with E-state index in [0.29, 0.717) is 31.2 Å². The third kappa shape index (κ3) is 5.94. The first kappa shape index (κ1) is 24.2.